The van der Waals surface area contributed by atoms with E-state index < -0.39 is 10.0 Å². The first-order chi connectivity index (χ1) is 13.7. The number of aromatic amines is 1. The summed E-state index contributed by atoms with van der Waals surface area (Å²) >= 11 is 0. The van der Waals surface area contributed by atoms with Crippen LogP contribution in [-0.2, 0) is 16.6 Å². The largest absolute Gasteiger partial charge is 0.396 e. The number of rotatable bonds is 7. The van der Waals surface area contributed by atoms with E-state index in [1.54, 1.807) is 30.3 Å². The Hall–Kier alpha value is -2.48. The van der Waals surface area contributed by atoms with E-state index in [1.807, 2.05) is 32.9 Å². The number of aliphatic hydroxyl groups excluding tert-OH is 1. The van der Waals surface area contributed by atoms with Crippen LogP contribution in [0.5, 0.6) is 0 Å². The van der Waals surface area contributed by atoms with Crippen molar-refractivity contribution < 1.29 is 13.5 Å². The van der Waals surface area contributed by atoms with E-state index >= 15 is 0 Å². The predicted octanol–water partition coefficient (Wildman–Crippen LogP) is 3.03. The highest BCUT2D eigenvalue weighted by Gasteiger charge is 2.25. The van der Waals surface area contributed by atoms with Crippen molar-refractivity contribution >= 4 is 20.9 Å². The van der Waals surface area contributed by atoms with Crippen molar-refractivity contribution in [2.24, 2.45) is 0 Å². The van der Waals surface area contributed by atoms with Crippen LogP contribution in [0, 0.1) is 20.8 Å². The lowest BCUT2D eigenvalue weighted by atomic mass is 10.0. The topological polar surface area (TPSA) is 90.5 Å². The highest BCUT2D eigenvalue weighted by Crippen LogP contribution is 2.22. The number of H-pyrrole nitrogens is 1. The predicted molar refractivity (Wildman–Crippen MR) is 115 cm³/mol. The molecule has 0 atom stereocenters. The van der Waals surface area contributed by atoms with Crippen LogP contribution < -0.4 is 5.56 Å². The van der Waals surface area contributed by atoms with Gasteiger partial charge in [0.15, 0.2) is 0 Å². The van der Waals surface area contributed by atoms with Gasteiger partial charge in [-0.15, -0.1) is 0 Å². The Morgan fingerprint density at radius 1 is 1.00 bits per heavy atom. The van der Waals surface area contributed by atoms with Gasteiger partial charge in [0.25, 0.3) is 5.56 Å². The Bertz CT molecular complexity index is 1180. The van der Waals surface area contributed by atoms with Crippen molar-refractivity contribution in [2.75, 3.05) is 13.2 Å². The number of aliphatic hydroxyl groups is 1. The lowest BCUT2D eigenvalue weighted by molar-refractivity contribution is 0.267. The standard InChI is InChI=1S/C22H26N2O4S/c1-15-5-7-19(8-6-15)29(27,28)24(9-4-10-25)14-18-13-20-17(3)11-16(2)12-21(20)23-22(18)26/h5-8,11-13,25H,4,9-10,14H2,1-3H3,(H,23,26). The molecule has 7 heteroatoms. The van der Waals surface area contributed by atoms with E-state index in [0.29, 0.717) is 5.56 Å². The summed E-state index contributed by atoms with van der Waals surface area (Å²) in [6.45, 7) is 5.74. The van der Waals surface area contributed by atoms with E-state index in [1.165, 1.54) is 4.31 Å². The van der Waals surface area contributed by atoms with Crippen LogP contribution in [0.1, 0.15) is 28.7 Å². The Kier molecular flexibility index (Phi) is 6.21. The third kappa shape index (κ3) is 4.58. The molecule has 29 heavy (non-hydrogen) atoms. The third-order valence-corrected chi connectivity index (χ3v) is 6.82. The molecule has 0 fully saturated rings. The van der Waals surface area contributed by atoms with Crippen LogP contribution in [0.15, 0.2) is 52.2 Å². The number of hydrogen-bond acceptors (Lipinski definition) is 4. The van der Waals surface area contributed by atoms with Gasteiger partial charge in [-0.3, -0.25) is 4.79 Å². The van der Waals surface area contributed by atoms with Gasteiger partial charge in [0.05, 0.1) is 4.90 Å². The van der Waals surface area contributed by atoms with Gasteiger partial charge in [0.1, 0.15) is 0 Å². The zero-order valence-corrected chi connectivity index (χ0v) is 17.7. The lowest BCUT2D eigenvalue weighted by Gasteiger charge is -2.22. The quantitative estimate of drug-likeness (QED) is 0.622. The summed E-state index contributed by atoms with van der Waals surface area (Å²) in [4.78, 5) is 15.7. The first kappa shape index (κ1) is 21.2. The molecule has 0 aliphatic carbocycles. The zero-order valence-electron chi connectivity index (χ0n) is 16.9. The van der Waals surface area contributed by atoms with Crippen molar-refractivity contribution in [3.05, 3.63) is 75.1 Å². The highest BCUT2D eigenvalue weighted by atomic mass is 32.2. The molecule has 0 spiro atoms. The lowest BCUT2D eigenvalue weighted by Crippen LogP contribution is -2.34. The summed E-state index contributed by atoms with van der Waals surface area (Å²) in [6.07, 6.45) is 0.287. The molecule has 1 aromatic heterocycles. The molecule has 0 bridgehead atoms. The summed E-state index contributed by atoms with van der Waals surface area (Å²) in [6, 6.07) is 12.3. The minimum absolute atomic E-state index is 0.0607. The van der Waals surface area contributed by atoms with Crippen LogP contribution >= 0.6 is 0 Å². The fourth-order valence-corrected chi connectivity index (χ4v) is 4.87. The number of aromatic nitrogens is 1. The molecular formula is C22H26N2O4S. The molecule has 0 aliphatic rings. The van der Waals surface area contributed by atoms with Gasteiger partial charge in [-0.25, -0.2) is 8.42 Å². The van der Waals surface area contributed by atoms with Gasteiger partial charge in [-0.2, -0.15) is 4.31 Å². The third-order valence-electron chi connectivity index (χ3n) is 4.96. The molecular weight excluding hydrogens is 388 g/mol. The highest BCUT2D eigenvalue weighted by molar-refractivity contribution is 7.89. The molecule has 0 radical (unpaired) electrons. The summed E-state index contributed by atoms with van der Waals surface area (Å²) < 4.78 is 27.6. The second kappa shape index (κ2) is 8.49. The SMILES string of the molecule is Cc1ccc(S(=O)(=O)N(CCCO)Cc2cc3c(C)cc(C)cc3[nH]c2=O)cc1. The number of fused-ring (bicyclic) bond motifs is 1. The Balaban J connectivity index is 2.04. The van der Waals surface area contributed by atoms with Gasteiger partial charge in [0, 0.05) is 36.2 Å². The molecule has 0 saturated heterocycles. The molecule has 3 rings (SSSR count). The molecule has 154 valence electrons. The zero-order chi connectivity index (χ0) is 21.2. The van der Waals surface area contributed by atoms with E-state index in [0.717, 1.165) is 27.6 Å². The van der Waals surface area contributed by atoms with Crippen molar-refractivity contribution in [1.82, 2.24) is 9.29 Å². The average Bonchev–Trinajstić information content (AvgIpc) is 2.65. The minimum Gasteiger partial charge on any atom is -0.396 e. The normalized spacial score (nSPS) is 12.0. The van der Waals surface area contributed by atoms with Crippen molar-refractivity contribution in [3.8, 4) is 0 Å². The smallest absolute Gasteiger partial charge is 0.252 e. The number of sulfonamides is 1. The molecule has 2 N–H and O–H groups in total. The molecule has 0 saturated carbocycles. The van der Waals surface area contributed by atoms with Gasteiger partial charge in [0.2, 0.25) is 10.0 Å². The maximum Gasteiger partial charge on any atom is 0.252 e. The van der Waals surface area contributed by atoms with Crippen LogP contribution in [0.2, 0.25) is 0 Å². The Labute approximate surface area is 170 Å². The second-order valence-electron chi connectivity index (χ2n) is 7.40. The van der Waals surface area contributed by atoms with Crippen molar-refractivity contribution in [3.63, 3.8) is 0 Å². The Morgan fingerprint density at radius 2 is 1.69 bits per heavy atom. The van der Waals surface area contributed by atoms with E-state index in [4.69, 9.17) is 0 Å². The fourth-order valence-electron chi connectivity index (χ4n) is 3.41. The van der Waals surface area contributed by atoms with Crippen LogP contribution in [0.4, 0.5) is 0 Å². The maximum atomic E-state index is 13.2. The Morgan fingerprint density at radius 3 is 2.34 bits per heavy atom. The number of aryl methyl sites for hydroxylation is 3. The maximum absolute atomic E-state index is 13.2. The molecule has 1 heterocycles. The second-order valence-corrected chi connectivity index (χ2v) is 9.33. The van der Waals surface area contributed by atoms with E-state index in [9.17, 15) is 18.3 Å². The monoisotopic (exact) mass is 414 g/mol. The first-order valence-electron chi connectivity index (χ1n) is 9.53. The fraction of sp³-hybridized carbons (Fsp3) is 0.318. The molecule has 2 aromatic carbocycles. The van der Waals surface area contributed by atoms with E-state index in [2.05, 4.69) is 4.98 Å². The average molecular weight is 415 g/mol. The van der Waals surface area contributed by atoms with Crippen molar-refractivity contribution in [2.45, 2.75) is 38.6 Å². The molecule has 0 unspecified atom stereocenters. The van der Waals surface area contributed by atoms with Crippen LogP contribution in [0.25, 0.3) is 10.9 Å². The minimum atomic E-state index is -3.81. The molecule has 0 amide bonds. The molecule has 0 aliphatic heterocycles. The number of pyridine rings is 1. The number of benzene rings is 2. The number of nitrogens with zero attached hydrogens (tertiary/aromatic N) is 1. The summed E-state index contributed by atoms with van der Waals surface area (Å²) in [5, 5.41) is 10.1. The van der Waals surface area contributed by atoms with Gasteiger partial charge >= 0.3 is 0 Å². The number of nitrogens with one attached hydrogen (secondary N) is 1. The summed E-state index contributed by atoms with van der Waals surface area (Å²) in [5.41, 5.74) is 3.82. The molecule has 6 nitrogen and oxygen atoms in total. The van der Waals surface area contributed by atoms with Gasteiger partial charge < -0.3 is 10.1 Å². The van der Waals surface area contributed by atoms with E-state index in [-0.39, 0.29) is 36.6 Å². The van der Waals surface area contributed by atoms with Crippen molar-refractivity contribution in [1.29, 1.82) is 0 Å². The van der Waals surface area contributed by atoms with Crippen LogP contribution in [0.3, 0.4) is 0 Å². The first-order valence-corrected chi connectivity index (χ1v) is 11.0. The summed E-state index contributed by atoms with van der Waals surface area (Å²) in [7, 11) is -3.81. The van der Waals surface area contributed by atoms with Gasteiger partial charge in [-0.05, 0) is 62.6 Å². The molecule has 3 aromatic rings. The number of hydrogen-bond donors (Lipinski definition) is 2. The van der Waals surface area contributed by atoms with Crippen LogP contribution in [-0.4, -0.2) is 36.0 Å². The van der Waals surface area contributed by atoms with Gasteiger partial charge in [-0.1, -0.05) is 23.8 Å². The summed E-state index contributed by atoms with van der Waals surface area (Å²) in [5.74, 6) is 0.